The molecular weight excluding hydrogens is 318 g/mol. The van der Waals surface area contributed by atoms with Crippen LogP contribution in [0.2, 0.25) is 5.02 Å². The second-order valence-electron chi connectivity index (χ2n) is 5.16. The van der Waals surface area contributed by atoms with Gasteiger partial charge in [0.15, 0.2) is 11.5 Å². The van der Waals surface area contributed by atoms with E-state index in [1.807, 2.05) is 24.3 Å². The van der Waals surface area contributed by atoms with Gasteiger partial charge in [0.1, 0.15) is 5.75 Å². The summed E-state index contributed by atoms with van der Waals surface area (Å²) in [5.41, 5.74) is 1.38. The number of halogens is 1. The van der Waals surface area contributed by atoms with Crippen LogP contribution in [0.15, 0.2) is 36.4 Å². The number of nitrogens with zero attached hydrogens (tertiary/aromatic N) is 1. The van der Waals surface area contributed by atoms with E-state index in [-0.39, 0.29) is 12.7 Å². The SMILES string of the molecule is COc1ccccc1CN(C)C(=O)c1cc(Cl)c2c(c1)OCO2. The maximum atomic E-state index is 12.6. The number of carbonyl (C=O) groups excluding carboxylic acids is 1. The van der Waals surface area contributed by atoms with Crippen LogP contribution in [0.3, 0.4) is 0 Å². The summed E-state index contributed by atoms with van der Waals surface area (Å²) >= 11 is 6.14. The summed E-state index contributed by atoms with van der Waals surface area (Å²) in [6.07, 6.45) is 0. The van der Waals surface area contributed by atoms with Crippen molar-refractivity contribution in [2.45, 2.75) is 6.54 Å². The molecule has 0 fully saturated rings. The van der Waals surface area contributed by atoms with Crippen molar-refractivity contribution in [3.63, 3.8) is 0 Å². The number of fused-ring (bicyclic) bond motifs is 1. The van der Waals surface area contributed by atoms with Crippen LogP contribution in [-0.4, -0.2) is 31.8 Å². The zero-order chi connectivity index (χ0) is 16.4. The Morgan fingerprint density at radius 1 is 1.30 bits per heavy atom. The Hall–Kier alpha value is -2.40. The molecule has 0 radical (unpaired) electrons. The lowest BCUT2D eigenvalue weighted by Crippen LogP contribution is -2.26. The van der Waals surface area contributed by atoms with Crippen LogP contribution in [0.5, 0.6) is 17.2 Å². The van der Waals surface area contributed by atoms with Crippen LogP contribution in [0.1, 0.15) is 15.9 Å². The second kappa shape index (κ2) is 6.38. The average Bonchev–Trinajstić information content (AvgIpc) is 3.03. The van der Waals surface area contributed by atoms with Crippen molar-refractivity contribution < 1.29 is 19.0 Å². The van der Waals surface area contributed by atoms with Crippen LogP contribution in [-0.2, 0) is 6.54 Å². The highest BCUT2D eigenvalue weighted by atomic mass is 35.5. The molecule has 2 aromatic carbocycles. The third kappa shape index (κ3) is 3.05. The molecule has 1 aliphatic heterocycles. The molecule has 1 amide bonds. The lowest BCUT2D eigenvalue weighted by atomic mass is 10.1. The Kier molecular flexibility index (Phi) is 4.30. The lowest BCUT2D eigenvalue weighted by Gasteiger charge is -2.19. The van der Waals surface area contributed by atoms with E-state index in [0.29, 0.717) is 28.6 Å². The molecule has 1 heterocycles. The summed E-state index contributed by atoms with van der Waals surface area (Å²) in [4.78, 5) is 14.2. The molecule has 0 aliphatic carbocycles. The molecule has 0 bridgehead atoms. The van der Waals surface area contributed by atoms with Gasteiger partial charge in [-0.1, -0.05) is 29.8 Å². The Bertz CT molecular complexity index is 747. The van der Waals surface area contributed by atoms with Gasteiger partial charge in [0.05, 0.1) is 12.1 Å². The van der Waals surface area contributed by atoms with Crippen LogP contribution >= 0.6 is 11.6 Å². The number of hydrogen-bond acceptors (Lipinski definition) is 4. The van der Waals surface area contributed by atoms with Gasteiger partial charge in [-0.05, 0) is 18.2 Å². The van der Waals surface area contributed by atoms with Crippen molar-refractivity contribution in [2.75, 3.05) is 21.0 Å². The van der Waals surface area contributed by atoms with Gasteiger partial charge in [-0.25, -0.2) is 0 Å². The van der Waals surface area contributed by atoms with E-state index in [4.69, 9.17) is 25.8 Å². The first-order valence-electron chi connectivity index (χ1n) is 7.06. The molecule has 5 nitrogen and oxygen atoms in total. The molecule has 3 rings (SSSR count). The molecule has 2 aromatic rings. The fourth-order valence-corrected chi connectivity index (χ4v) is 2.74. The third-order valence-corrected chi connectivity index (χ3v) is 3.90. The van der Waals surface area contributed by atoms with E-state index in [2.05, 4.69) is 0 Å². The Morgan fingerprint density at radius 2 is 2.09 bits per heavy atom. The van der Waals surface area contributed by atoms with E-state index < -0.39 is 0 Å². The lowest BCUT2D eigenvalue weighted by molar-refractivity contribution is 0.0784. The molecule has 0 unspecified atom stereocenters. The molecule has 0 aromatic heterocycles. The third-order valence-electron chi connectivity index (χ3n) is 3.62. The van der Waals surface area contributed by atoms with Crippen molar-refractivity contribution in [3.05, 3.63) is 52.5 Å². The summed E-state index contributed by atoms with van der Waals surface area (Å²) in [5, 5.41) is 0.369. The van der Waals surface area contributed by atoms with Gasteiger partial charge >= 0.3 is 0 Å². The van der Waals surface area contributed by atoms with Gasteiger partial charge in [0.2, 0.25) is 6.79 Å². The molecule has 0 spiro atoms. The van der Waals surface area contributed by atoms with E-state index >= 15 is 0 Å². The summed E-state index contributed by atoms with van der Waals surface area (Å²) < 4.78 is 15.9. The fraction of sp³-hybridized carbons (Fsp3) is 0.235. The van der Waals surface area contributed by atoms with Crippen molar-refractivity contribution in [1.82, 2.24) is 4.90 Å². The van der Waals surface area contributed by atoms with Crippen molar-refractivity contribution >= 4 is 17.5 Å². The molecule has 0 saturated heterocycles. The second-order valence-corrected chi connectivity index (χ2v) is 5.57. The molecule has 1 aliphatic rings. The number of amides is 1. The summed E-state index contributed by atoms with van der Waals surface area (Å²) in [7, 11) is 3.34. The Labute approximate surface area is 139 Å². The minimum absolute atomic E-state index is 0.115. The highest BCUT2D eigenvalue weighted by Gasteiger charge is 2.22. The molecule has 0 saturated carbocycles. The average molecular weight is 334 g/mol. The fourth-order valence-electron chi connectivity index (χ4n) is 2.47. The van der Waals surface area contributed by atoms with Crippen molar-refractivity contribution in [1.29, 1.82) is 0 Å². The van der Waals surface area contributed by atoms with Gasteiger partial charge in [-0.15, -0.1) is 0 Å². The quantitative estimate of drug-likeness (QED) is 0.861. The minimum atomic E-state index is -0.156. The number of para-hydroxylation sites is 1. The Balaban J connectivity index is 1.81. The van der Waals surface area contributed by atoms with Gasteiger partial charge in [-0.3, -0.25) is 4.79 Å². The van der Waals surface area contributed by atoms with Crippen molar-refractivity contribution in [3.8, 4) is 17.2 Å². The minimum Gasteiger partial charge on any atom is -0.496 e. The van der Waals surface area contributed by atoms with Gasteiger partial charge in [0, 0.05) is 24.7 Å². The zero-order valence-electron chi connectivity index (χ0n) is 12.8. The molecule has 6 heteroatoms. The molecule has 0 atom stereocenters. The predicted molar refractivity (Wildman–Crippen MR) is 86.4 cm³/mol. The summed E-state index contributed by atoms with van der Waals surface area (Å²) in [6, 6.07) is 10.8. The van der Waals surface area contributed by atoms with E-state index in [1.54, 1.807) is 31.2 Å². The number of benzene rings is 2. The van der Waals surface area contributed by atoms with Gasteiger partial charge < -0.3 is 19.1 Å². The van der Waals surface area contributed by atoms with E-state index in [9.17, 15) is 4.79 Å². The number of rotatable bonds is 4. The first-order chi connectivity index (χ1) is 11.1. The highest BCUT2D eigenvalue weighted by molar-refractivity contribution is 6.32. The highest BCUT2D eigenvalue weighted by Crippen LogP contribution is 2.40. The maximum absolute atomic E-state index is 12.6. The van der Waals surface area contributed by atoms with E-state index in [0.717, 1.165) is 11.3 Å². The monoisotopic (exact) mass is 333 g/mol. The summed E-state index contributed by atoms with van der Waals surface area (Å²) in [5.74, 6) is 1.56. The van der Waals surface area contributed by atoms with Crippen LogP contribution < -0.4 is 14.2 Å². The van der Waals surface area contributed by atoms with Crippen molar-refractivity contribution in [2.24, 2.45) is 0 Å². The molecule has 0 N–H and O–H groups in total. The van der Waals surface area contributed by atoms with Crippen LogP contribution in [0, 0.1) is 0 Å². The maximum Gasteiger partial charge on any atom is 0.254 e. The molecular formula is C17H16ClNO4. The van der Waals surface area contributed by atoms with Crippen LogP contribution in [0.25, 0.3) is 0 Å². The normalized spacial score (nSPS) is 12.1. The van der Waals surface area contributed by atoms with Crippen LogP contribution in [0.4, 0.5) is 0 Å². The van der Waals surface area contributed by atoms with Gasteiger partial charge in [0.25, 0.3) is 5.91 Å². The number of ether oxygens (including phenoxy) is 3. The number of methoxy groups -OCH3 is 1. The number of carbonyl (C=O) groups is 1. The standard InChI is InChI=1S/C17H16ClNO4/c1-19(9-11-5-3-4-6-14(11)21-2)17(20)12-7-13(18)16-15(8-12)22-10-23-16/h3-8H,9-10H2,1-2H3. The van der Waals surface area contributed by atoms with E-state index in [1.165, 1.54) is 0 Å². The number of hydrogen-bond donors (Lipinski definition) is 0. The molecule has 120 valence electrons. The zero-order valence-corrected chi connectivity index (χ0v) is 13.6. The topological polar surface area (TPSA) is 48.0 Å². The molecule has 23 heavy (non-hydrogen) atoms. The first-order valence-corrected chi connectivity index (χ1v) is 7.44. The first kappa shape index (κ1) is 15.5. The predicted octanol–water partition coefficient (Wildman–Crippen LogP) is 3.35. The largest absolute Gasteiger partial charge is 0.496 e. The van der Waals surface area contributed by atoms with Gasteiger partial charge in [-0.2, -0.15) is 0 Å². The Morgan fingerprint density at radius 3 is 2.87 bits per heavy atom. The summed E-state index contributed by atoms with van der Waals surface area (Å²) in [6.45, 7) is 0.540. The smallest absolute Gasteiger partial charge is 0.254 e.